The number of rotatable bonds is 3. The Balaban J connectivity index is 1.87. The Bertz CT molecular complexity index is 800. The predicted octanol–water partition coefficient (Wildman–Crippen LogP) is 5.62. The fourth-order valence-electron chi connectivity index (χ4n) is 2.20. The van der Waals surface area contributed by atoms with Gasteiger partial charge in [-0.15, -0.1) is 11.3 Å². The van der Waals surface area contributed by atoms with Gasteiger partial charge in [0, 0.05) is 26.0 Å². The zero-order valence-electron chi connectivity index (χ0n) is 10.8. The van der Waals surface area contributed by atoms with E-state index in [2.05, 4.69) is 0 Å². The van der Waals surface area contributed by atoms with Crippen LogP contribution in [0, 0.1) is 5.82 Å². The van der Waals surface area contributed by atoms with Gasteiger partial charge in [0.2, 0.25) is 0 Å². The summed E-state index contributed by atoms with van der Waals surface area (Å²) in [7, 11) is 0. The van der Waals surface area contributed by atoms with Gasteiger partial charge in [-0.25, -0.2) is 4.39 Å². The second-order valence-electron chi connectivity index (χ2n) is 4.79. The van der Waals surface area contributed by atoms with Crippen molar-refractivity contribution in [2.24, 2.45) is 0 Å². The summed E-state index contributed by atoms with van der Waals surface area (Å²) in [5.74, 6) is -0.276. The van der Waals surface area contributed by atoms with Gasteiger partial charge in [0.15, 0.2) is 0 Å². The third-order valence-corrected chi connectivity index (χ3v) is 5.06. The predicted molar refractivity (Wildman–Crippen MR) is 86.9 cm³/mol. The first-order valence-electron chi connectivity index (χ1n) is 6.34. The lowest BCUT2D eigenvalue weighted by molar-refractivity contribution is 0.182. The van der Waals surface area contributed by atoms with Crippen molar-refractivity contribution < 1.29 is 9.50 Å². The average Bonchev–Trinajstić information content (AvgIpc) is 2.85. The third-order valence-electron chi connectivity index (χ3n) is 3.25. The Morgan fingerprint density at radius 1 is 1.10 bits per heavy atom. The lowest BCUT2D eigenvalue weighted by atomic mass is 10.1. The minimum atomic E-state index is -0.677. The fourth-order valence-corrected chi connectivity index (χ4v) is 3.71. The smallest absolute Gasteiger partial charge is 0.123 e. The molecule has 1 atom stereocenters. The number of aliphatic hydroxyl groups is 1. The highest BCUT2D eigenvalue weighted by Crippen LogP contribution is 2.33. The van der Waals surface area contributed by atoms with E-state index in [9.17, 15) is 9.50 Å². The maximum absolute atomic E-state index is 13.2. The molecule has 0 aliphatic heterocycles. The summed E-state index contributed by atoms with van der Waals surface area (Å²) in [4.78, 5) is 0.793. The van der Waals surface area contributed by atoms with Crippen molar-refractivity contribution in [2.75, 3.05) is 0 Å². The molecule has 3 aromatic rings. The summed E-state index contributed by atoms with van der Waals surface area (Å²) in [5.41, 5.74) is 0.831. The molecule has 0 saturated heterocycles. The molecule has 0 aliphatic carbocycles. The molecule has 108 valence electrons. The van der Waals surface area contributed by atoms with E-state index in [1.807, 2.05) is 6.07 Å². The van der Waals surface area contributed by atoms with Gasteiger partial charge in [-0.05, 0) is 47.3 Å². The quantitative estimate of drug-likeness (QED) is 0.655. The molecule has 2 aromatic carbocycles. The number of benzene rings is 2. The van der Waals surface area contributed by atoms with E-state index >= 15 is 0 Å². The van der Waals surface area contributed by atoms with Crippen molar-refractivity contribution in [3.05, 3.63) is 68.8 Å². The third kappa shape index (κ3) is 3.22. The topological polar surface area (TPSA) is 20.2 Å². The Kier molecular flexibility index (Phi) is 4.18. The van der Waals surface area contributed by atoms with Crippen molar-refractivity contribution in [1.29, 1.82) is 0 Å². The van der Waals surface area contributed by atoms with Crippen LogP contribution < -0.4 is 0 Å². The lowest BCUT2D eigenvalue weighted by Crippen LogP contribution is -2.00. The summed E-state index contributed by atoms with van der Waals surface area (Å²) in [6.45, 7) is 0. The molecule has 21 heavy (non-hydrogen) atoms. The van der Waals surface area contributed by atoms with Crippen LogP contribution in [0.15, 0.2) is 42.5 Å². The van der Waals surface area contributed by atoms with E-state index in [0.717, 1.165) is 20.5 Å². The highest BCUT2D eigenvalue weighted by molar-refractivity contribution is 7.19. The second kappa shape index (κ2) is 5.93. The molecule has 0 spiro atoms. The largest absolute Gasteiger partial charge is 0.387 e. The van der Waals surface area contributed by atoms with Crippen molar-refractivity contribution in [1.82, 2.24) is 0 Å². The van der Waals surface area contributed by atoms with Crippen LogP contribution in [0.3, 0.4) is 0 Å². The molecule has 3 rings (SSSR count). The summed E-state index contributed by atoms with van der Waals surface area (Å²) in [5, 5.41) is 12.3. The monoisotopic (exact) mass is 340 g/mol. The zero-order chi connectivity index (χ0) is 15.0. The van der Waals surface area contributed by atoms with Crippen LogP contribution in [0.2, 0.25) is 10.0 Å². The van der Waals surface area contributed by atoms with E-state index in [4.69, 9.17) is 23.2 Å². The minimum Gasteiger partial charge on any atom is -0.387 e. The molecule has 5 heteroatoms. The molecule has 1 nitrogen and oxygen atoms in total. The molecular weight excluding hydrogens is 330 g/mol. The average molecular weight is 341 g/mol. The molecule has 0 amide bonds. The van der Waals surface area contributed by atoms with Crippen molar-refractivity contribution in [2.45, 2.75) is 12.5 Å². The maximum Gasteiger partial charge on any atom is 0.123 e. The molecule has 0 radical (unpaired) electrons. The number of aliphatic hydroxyl groups excluding tert-OH is 1. The van der Waals surface area contributed by atoms with Gasteiger partial charge in [-0.3, -0.25) is 0 Å². The van der Waals surface area contributed by atoms with Crippen LogP contribution in [0.5, 0.6) is 0 Å². The van der Waals surface area contributed by atoms with Crippen molar-refractivity contribution in [3.63, 3.8) is 0 Å². The number of hydrogen-bond acceptors (Lipinski definition) is 2. The fraction of sp³-hybridized carbons (Fsp3) is 0.125. The second-order valence-corrected chi connectivity index (χ2v) is 6.75. The number of hydrogen-bond donors (Lipinski definition) is 1. The minimum absolute atomic E-state index is 0.276. The van der Waals surface area contributed by atoms with Gasteiger partial charge in [-0.2, -0.15) is 0 Å². The first kappa shape index (κ1) is 14.8. The van der Waals surface area contributed by atoms with Gasteiger partial charge >= 0.3 is 0 Å². The van der Waals surface area contributed by atoms with E-state index in [-0.39, 0.29) is 5.82 Å². The Hall–Kier alpha value is -1.13. The number of fused-ring (bicyclic) bond motifs is 1. The molecule has 1 aromatic heterocycles. The highest BCUT2D eigenvalue weighted by Gasteiger charge is 2.14. The number of thiophene rings is 1. The van der Waals surface area contributed by atoms with Crippen LogP contribution in [0.1, 0.15) is 16.5 Å². The summed E-state index contributed by atoms with van der Waals surface area (Å²) < 4.78 is 14.1. The van der Waals surface area contributed by atoms with Crippen LogP contribution in [0.25, 0.3) is 10.1 Å². The van der Waals surface area contributed by atoms with Crippen molar-refractivity contribution >= 4 is 44.6 Å². The molecule has 1 N–H and O–H groups in total. The summed E-state index contributed by atoms with van der Waals surface area (Å²) >= 11 is 13.4. The normalized spacial score (nSPS) is 12.8. The van der Waals surface area contributed by atoms with Gasteiger partial charge < -0.3 is 5.11 Å². The van der Waals surface area contributed by atoms with E-state index < -0.39 is 6.10 Å². The molecular formula is C16H11Cl2FOS. The van der Waals surface area contributed by atoms with Gasteiger partial charge in [0.05, 0.1) is 6.10 Å². The number of halogens is 3. The van der Waals surface area contributed by atoms with Crippen molar-refractivity contribution in [3.8, 4) is 0 Å². The maximum atomic E-state index is 13.2. The summed E-state index contributed by atoms with van der Waals surface area (Å²) in [6, 6.07) is 11.6. The highest BCUT2D eigenvalue weighted by atomic mass is 35.5. The molecule has 0 fully saturated rings. The first-order valence-corrected chi connectivity index (χ1v) is 7.91. The Labute approximate surface area is 135 Å². The van der Waals surface area contributed by atoms with Gasteiger partial charge in [0.25, 0.3) is 0 Å². The van der Waals surface area contributed by atoms with Crippen LogP contribution in [-0.2, 0) is 6.42 Å². The molecule has 1 unspecified atom stereocenters. The Morgan fingerprint density at radius 3 is 2.67 bits per heavy atom. The molecule has 1 heterocycles. The van der Waals surface area contributed by atoms with Gasteiger partial charge in [-0.1, -0.05) is 29.3 Å². The molecule has 0 saturated carbocycles. The van der Waals surface area contributed by atoms with E-state index in [1.165, 1.54) is 23.5 Å². The van der Waals surface area contributed by atoms with E-state index in [1.54, 1.807) is 24.3 Å². The van der Waals surface area contributed by atoms with E-state index in [0.29, 0.717) is 16.5 Å². The SMILES string of the molecule is OC(Cc1ccc(Cl)cc1Cl)c1cc2cc(F)ccc2s1. The van der Waals surface area contributed by atoms with Crippen LogP contribution in [-0.4, -0.2) is 5.11 Å². The summed E-state index contributed by atoms with van der Waals surface area (Å²) in [6.07, 6.45) is -0.283. The standard InChI is InChI=1S/C16H11Cl2FOS/c17-11-2-1-9(13(18)8-11)6-14(20)16-7-10-5-12(19)3-4-15(10)21-16/h1-5,7-8,14,20H,6H2. The zero-order valence-corrected chi connectivity index (χ0v) is 13.1. The van der Waals surface area contributed by atoms with Crippen LogP contribution >= 0.6 is 34.5 Å². The molecule has 0 aliphatic rings. The van der Waals surface area contributed by atoms with Gasteiger partial charge in [0.1, 0.15) is 5.82 Å². The van der Waals surface area contributed by atoms with Crippen LogP contribution in [0.4, 0.5) is 4.39 Å². The molecule has 0 bridgehead atoms. The Morgan fingerprint density at radius 2 is 1.90 bits per heavy atom. The lowest BCUT2D eigenvalue weighted by Gasteiger charge is -2.10. The first-order chi connectivity index (χ1) is 10.0.